The molecule has 0 aromatic heterocycles. The van der Waals surface area contributed by atoms with Crippen LogP contribution < -0.4 is 0 Å². The lowest BCUT2D eigenvalue weighted by molar-refractivity contribution is -0.142. The lowest BCUT2D eigenvalue weighted by atomic mass is 9.86. The van der Waals surface area contributed by atoms with Crippen molar-refractivity contribution in [3.8, 4) is 0 Å². The molecule has 1 aromatic rings. The minimum absolute atomic E-state index is 0.148. The lowest BCUT2D eigenvalue weighted by Gasteiger charge is -2.19. The predicted molar refractivity (Wildman–Crippen MR) is 93.3 cm³/mol. The summed E-state index contributed by atoms with van der Waals surface area (Å²) in [6, 6.07) is 8.98. The standard InChI is InChI=1S/C20H32O2/c1-5-17(19(21)22)11-9-7-6-8-10-16-12-14-18(15-13-16)20(2,3)4/h12-15,17H,5-11H2,1-4H3,(H,21,22). The van der Waals surface area contributed by atoms with Crippen molar-refractivity contribution in [2.24, 2.45) is 5.92 Å². The average molecular weight is 304 g/mol. The summed E-state index contributed by atoms with van der Waals surface area (Å²) in [6.07, 6.45) is 7.26. The highest BCUT2D eigenvalue weighted by Crippen LogP contribution is 2.22. The summed E-state index contributed by atoms with van der Waals surface area (Å²) >= 11 is 0. The molecule has 0 amide bonds. The van der Waals surface area contributed by atoms with Crippen LogP contribution in [-0.4, -0.2) is 11.1 Å². The van der Waals surface area contributed by atoms with E-state index in [1.807, 2.05) is 6.92 Å². The monoisotopic (exact) mass is 304 g/mol. The quantitative estimate of drug-likeness (QED) is 0.604. The second kappa shape index (κ2) is 8.97. The van der Waals surface area contributed by atoms with Crippen molar-refractivity contribution in [3.63, 3.8) is 0 Å². The fraction of sp³-hybridized carbons (Fsp3) is 0.650. The van der Waals surface area contributed by atoms with Crippen LogP contribution in [0.3, 0.4) is 0 Å². The van der Waals surface area contributed by atoms with E-state index < -0.39 is 5.97 Å². The molecule has 0 spiro atoms. The first-order valence-electron chi connectivity index (χ1n) is 8.66. The Balaban J connectivity index is 2.21. The minimum Gasteiger partial charge on any atom is -0.481 e. The van der Waals surface area contributed by atoms with Gasteiger partial charge in [-0.05, 0) is 42.2 Å². The fourth-order valence-electron chi connectivity index (χ4n) is 2.75. The van der Waals surface area contributed by atoms with Crippen LogP contribution in [0.1, 0.15) is 77.3 Å². The Morgan fingerprint density at radius 3 is 2.14 bits per heavy atom. The molecule has 0 saturated heterocycles. The van der Waals surface area contributed by atoms with Gasteiger partial charge in [-0.3, -0.25) is 4.79 Å². The van der Waals surface area contributed by atoms with E-state index in [-0.39, 0.29) is 11.3 Å². The third-order valence-corrected chi connectivity index (χ3v) is 4.43. The van der Waals surface area contributed by atoms with Gasteiger partial charge in [-0.15, -0.1) is 0 Å². The van der Waals surface area contributed by atoms with Crippen LogP contribution >= 0.6 is 0 Å². The van der Waals surface area contributed by atoms with Crippen LogP contribution in [0.25, 0.3) is 0 Å². The molecule has 0 fully saturated rings. The van der Waals surface area contributed by atoms with Crippen LogP contribution in [0.2, 0.25) is 0 Å². The molecule has 1 rings (SSSR count). The molecule has 0 saturated carbocycles. The molecule has 1 aromatic carbocycles. The number of aryl methyl sites for hydroxylation is 1. The molecule has 2 nitrogen and oxygen atoms in total. The zero-order valence-corrected chi connectivity index (χ0v) is 14.7. The smallest absolute Gasteiger partial charge is 0.306 e. The first-order chi connectivity index (χ1) is 10.3. The number of unbranched alkanes of at least 4 members (excludes halogenated alkanes) is 3. The second-order valence-corrected chi connectivity index (χ2v) is 7.34. The summed E-state index contributed by atoms with van der Waals surface area (Å²) in [5, 5.41) is 9.00. The normalized spacial score (nSPS) is 13.1. The number of hydrogen-bond donors (Lipinski definition) is 1. The molecule has 1 atom stereocenters. The Morgan fingerprint density at radius 1 is 1.05 bits per heavy atom. The van der Waals surface area contributed by atoms with E-state index >= 15 is 0 Å². The van der Waals surface area contributed by atoms with Gasteiger partial charge in [-0.2, -0.15) is 0 Å². The van der Waals surface area contributed by atoms with E-state index in [9.17, 15) is 4.79 Å². The van der Waals surface area contributed by atoms with Gasteiger partial charge >= 0.3 is 5.97 Å². The summed E-state index contributed by atoms with van der Waals surface area (Å²) in [6.45, 7) is 8.67. The maximum atomic E-state index is 10.9. The third-order valence-electron chi connectivity index (χ3n) is 4.43. The number of carboxylic acids is 1. The van der Waals surface area contributed by atoms with Gasteiger partial charge in [0.15, 0.2) is 0 Å². The topological polar surface area (TPSA) is 37.3 Å². The summed E-state index contributed by atoms with van der Waals surface area (Å²) in [4.78, 5) is 10.9. The Bertz CT molecular complexity index is 440. The van der Waals surface area contributed by atoms with Crippen LogP contribution in [0, 0.1) is 5.92 Å². The number of carboxylic acid groups (broad SMARTS) is 1. The van der Waals surface area contributed by atoms with Crippen molar-refractivity contribution < 1.29 is 9.90 Å². The maximum Gasteiger partial charge on any atom is 0.306 e. The van der Waals surface area contributed by atoms with Crippen LogP contribution in [0.5, 0.6) is 0 Å². The van der Waals surface area contributed by atoms with Gasteiger partial charge in [-0.1, -0.05) is 71.2 Å². The molecule has 124 valence electrons. The zero-order chi connectivity index (χ0) is 16.6. The van der Waals surface area contributed by atoms with Crippen LogP contribution in [-0.2, 0) is 16.6 Å². The highest BCUT2D eigenvalue weighted by Gasteiger charge is 2.14. The molecule has 0 aliphatic carbocycles. The van der Waals surface area contributed by atoms with Crippen LogP contribution in [0.4, 0.5) is 0 Å². The second-order valence-electron chi connectivity index (χ2n) is 7.34. The Morgan fingerprint density at radius 2 is 1.64 bits per heavy atom. The van der Waals surface area contributed by atoms with Gasteiger partial charge in [0.05, 0.1) is 5.92 Å². The molecule has 0 bridgehead atoms. The number of hydrogen-bond acceptors (Lipinski definition) is 1. The third kappa shape index (κ3) is 6.64. The lowest BCUT2D eigenvalue weighted by Crippen LogP contribution is -2.12. The molecule has 22 heavy (non-hydrogen) atoms. The predicted octanol–water partition coefficient (Wildman–Crippen LogP) is 5.59. The first kappa shape index (κ1) is 18.7. The van der Waals surface area contributed by atoms with E-state index in [0.717, 1.165) is 32.1 Å². The van der Waals surface area contributed by atoms with Crippen molar-refractivity contribution in [2.75, 3.05) is 0 Å². The van der Waals surface area contributed by atoms with E-state index in [1.54, 1.807) is 0 Å². The highest BCUT2D eigenvalue weighted by atomic mass is 16.4. The van der Waals surface area contributed by atoms with Gasteiger partial charge in [0.2, 0.25) is 0 Å². The van der Waals surface area contributed by atoms with Crippen molar-refractivity contribution in [1.82, 2.24) is 0 Å². The molecule has 1 N–H and O–H groups in total. The van der Waals surface area contributed by atoms with Crippen LogP contribution in [0.15, 0.2) is 24.3 Å². The van der Waals surface area contributed by atoms with E-state index in [1.165, 1.54) is 24.0 Å². The summed E-state index contributed by atoms with van der Waals surface area (Å²) < 4.78 is 0. The number of benzene rings is 1. The van der Waals surface area contributed by atoms with Crippen molar-refractivity contribution >= 4 is 5.97 Å². The molecule has 1 unspecified atom stereocenters. The summed E-state index contributed by atoms with van der Waals surface area (Å²) in [5.74, 6) is -0.786. The average Bonchev–Trinajstić information content (AvgIpc) is 2.45. The SMILES string of the molecule is CCC(CCCCCCc1ccc(C(C)(C)C)cc1)C(=O)O. The van der Waals surface area contributed by atoms with E-state index in [0.29, 0.717) is 0 Å². The molecule has 0 aliphatic rings. The maximum absolute atomic E-state index is 10.9. The van der Waals surface area contributed by atoms with Crippen molar-refractivity contribution in [2.45, 2.75) is 78.1 Å². The molecule has 0 aliphatic heterocycles. The minimum atomic E-state index is -0.638. The first-order valence-corrected chi connectivity index (χ1v) is 8.66. The molecular formula is C20H32O2. The molecule has 0 radical (unpaired) electrons. The fourth-order valence-corrected chi connectivity index (χ4v) is 2.75. The van der Waals surface area contributed by atoms with Gasteiger partial charge in [0.25, 0.3) is 0 Å². The number of aliphatic carboxylic acids is 1. The number of rotatable bonds is 9. The molecule has 0 heterocycles. The molecule has 2 heteroatoms. The van der Waals surface area contributed by atoms with Crippen molar-refractivity contribution in [1.29, 1.82) is 0 Å². The van der Waals surface area contributed by atoms with E-state index in [2.05, 4.69) is 45.0 Å². The van der Waals surface area contributed by atoms with Gasteiger partial charge in [0, 0.05) is 0 Å². The largest absolute Gasteiger partial charge is 0.481 e. The Hall–Kier alpha value is -1.31. The highest BCUT2D eigenvalue weighted by molar-refractivity contribution is 5.69. The molecular weight excluding hydrogens is 272 g/mol. The van der Waals surface area contributed by atoms with Gasteiger partial charge in [-0.25, -0.2) is 0 Å². The number of carbonyl (C=O) groups is 1. The summed E-state index contributed by atoms with van der Waals surface area (Å²) in [5.41, 5.74) is 3.01. The Labute approximate surface area is 135 Å². The van der Waals surface area contributed by atoms with Crippen molar-refractivity contribution in [3.05, 3.63) is 35.4 Å². The zero-order valence-electron chi connectivity index (χ0n) is 14.7. The Kier molecular flexibility index (Phi) is 7.64. The summed E-state index contributed by atoms with van der Waals surface area (Å²) in [7, 11) is 0. The van der Waals surface area contributed by atoms with Gasteiger partial charge in [0.1, 0.15) is 0 Å². The van der Waals surface area contributed by atoms with E-state index in [4.69, 9.17) is 5.11 Å². The van der Waals surface area contributed by atoms with Gasteiger partial charge < -0.3 is 5.11 Å².